The molecular formula is C29H32Cl3N3O4S. The van der Waals surface area contributed by atoms with Crippen molar-refractivity contribution < 1.29 is 18.0 Å². The van der Waals surface area contributed by atoms with E-state index in [9.17, 15) is 18.0 Å². The number of benzene rings is 3. The molecule has 0 heterocycles. The molecule has 0 aliphatic carbocycles. The molecule has 0 aliphatic rings. The number of halogens is 3. The fourth-order valence-corrected chi connectivity index (χ4v) is 6.13. The van der Waals surface area contributed by atoms with E-state index < -0.39 is 28.5 Å². The predicted molar refractivity (Wildman–Crippen MR) is 161 cm³/mol. The van der Waals surface area contributed by atoms with Crippen molar-refractivity contribution in [3.8, 4) is 0 Å². The van der Waals surface area contributed by atoms with Crippen LogP contribution in [-0.2, 0) is 26.2 Å². The SMILES string of the molecule is CC[C@@H](C(=O)NCC(C)C)N(Cc1c(Cl)cccc1Cl)C(=O)CN(c1ccc(Cl)cc1)S(=O)(=O)c1ccccc1. The van der Waals surface area contributed by atoms with Crippen molar-refractivity contribution >= 4 is 62.3 Å². The number of rotatable bonds is 12. The number of nitrogens with zero attached hydrogens (tertiary/aromatic N) is 2. The zero-order valence-electron chi connectivity index (χ0n) is 22.5. The standard InChI is InChI=1S/C29H32Cl3N3O4S/c1-4-27(29(37)33-17-20(2)3)34(18-24-25(31)11-8-12-26(24)32)28(36)19-35(22-15-13-21(30)14-16-22)40(38,39)23-9-6-5-7-10-23/h5-16,20,27H,4,17-19H2,1-3H3,(H,33,37)/t27-/m0/s1. The van der Waals surface area contributed by atoms with E-state index in [1.807, 2.05) is 13.8 Å². The summed E-state index contributed by atoms with van der Waals surface area (Å²) >= 11 is 18.9. The van der Waals surface area contributed by atoms with E-state index in [0.717, 1.165) is 4.31 Å². The number of sulfonamides is 1. The first kappa shape index (κ1) is 31.7. The van der Waals surface area contributed by atoms with Crippen LogP contribution in [0, 0.1) is 5.92 Å². The second kappa shape index (κ2) is 14.2. The van der Waals surface area contributed by atoms with Gasteiger partial charge in [-0.05, 0) is 60.9 Å². The first-order valence-electron chi connectivity index (χ1n) is 12.8. The van der Waals surface area contributed by atoms with Crippen molar-refractivity contribution in [1.29, 1.82) is 0 Å². The molecule has 11 heteroatoms. The minimum Gasteiger partial charge on any atom is -0.354 e. The minimum absolute atomic E-state index is 0.0140. The van der Waals surface area contributed by atoms with Crippen LogP contribution in [0.1, 0.15) is 32.8 Å². The van der Waals surface area contributed by atoms with E-state index in [4.69, 9.17) is 34.8 Å². The van der Waals surface area contributed by atoms with E-state index >= 15 is 0 Å². The topological polar surface area (TPSA) is 86.8 Å². The fourth-order valence-electron chi connectivity index (χ4n) is 4.05. The third kappa shape index (κ3) is 7.91. The number of carbonyl (C=O) groups is 2. The molecular weight excluding hydrogens is 593 g/mol. The number of hydrogen-bond acceptors (Lipinski definition) is 4. The summed E-state index contributed by atoms with van der Waals surface area (Å²) in [5.41, 5.74) is 0.702. The first-order valence-corrected chi connectivity index (χ1v) is 15.4. The third-order valence-corrected chi connectivity index (χ3v) is 8.93. The van der Waals surface area contributed by atoms with Gasteiger partial charge in [0.25, 0.3) is 10.0 Å². The Morgan fingerprint density at radius 3 is 2.02 bits per heavy atom. The van der Waals surface area contributed by atoms with Crippen LogP contribution in [0.25, 0.3) is 0 Å². The van der Waals surface area contributed by atoms with Gasteiger partial charge in [-0.25, -0.2) is 8.42 Å². The maximum atomic E-state index is 14.1. The molecule has 214 valence electrons. The highest BCUT2D eigenvalue weighted by molar-refractivity contribution is 7.92. The summed E-state index contributed by atoms with van der Waals surface area (Å²) in [6.45, 7) is 5.47. The molecule has 7 nitrogen and oxygen atoms in total. The predicted octanol–water partition coefficient (Wildman–Crippen LogP) is 6.42. The lowest BCUT2D eigenvalue weighted by Gasteiger charge is -2.33. The Morgan fingerprint density at radius 1 is 0.875 bits per heavy atom. The Balaban J connectivity index is 2.07. The van der Waals surface area contributed by atoms with Crippen molar-refractivity contribution in [2.75, 3.05) is 17.4 Å². The average molecular weight is 625 g/mol. The van der Waals surface area contributed by atoms with Crippen LogP contribution >= 0.6 is 34.8 Å². The Bertz CT molecular complexity index is 1400. The molecule has 3 rings (SSSR count). The first-order chi connectivity index (χ1) is 18.9. The van der Waals surface area contributed by atoms with Gasteiger partial charge in [0.15, 0.2) is 0 Å². The van der Waals surface area contributed by atoms with E-state index in [2.05, 4.69) is 5.32 Å². The van der Waals surface area contributed by atoms with Gasteiger partial charge < -0.3 is 10.2 Å². The molecule has 3 aromatic carbocycles. The molecule has 0 aromatic heterocycles. The summed E-state index contributed by atoms with van der Waals surface area (Å²) in [5.74, 6) is -0.756. The Kier molecular flexibility index (Phi) is 11.3. The molecule has 1 atom stereocenters. The molecule has 0 fully saturated rings. The van der Waals surface area contributed by atoms with E-state index in [0.29, 0.717) is 27.2 Å². The maximum absolute atomic E-state index is 14.1. The lowest BCUT2D eigenvalue weighted by molar-refractivity contribution is -0.140. The van der Waals surface area contributed by atoms with Gasteiger partial charge in [0.1, 0.15) is 12.6 Å². The van der Waals surface area contributed by atoms with Gasteiger partial charge in [0, 0.05) is 33.7 Å². The van der Waals surface area contributed by atoms with Gasteiger partial charge in [-0.2, -0.15) is 0 Å². The number of anilines is 1. The van der Waals surface area contributed by atoms with Gasteiger partial charge >= 0.3 is 0 Å². The second-order valence-corrected chi connectivity index (χ2v) is 12.7. The summed E-state index contributed by atoms with van der Waals surface area (Å²) in [6, 6.07) is 18.0. The Labute approximate surface area is 251 Å². The van der Waals surface area contributed by atoms with Crippen LogP contribution in [0.2, 0.25) is 15.1 Å². The molecule has 0 saturated heterocycles. The molecule has 0 saturated carbocycles. The van der Waals surface area contributed by atoms with Gasteiger partial charge in [-0.15, -0.1) is 0 Å². The van der Waals surface area contributed by atoms with Crippen molar-refractivity contribution in [3.05, 3.63) is 93.4 Å². The van der Waals surface area contributed by atoms with E-state index in [1.54, 1.807) is 55.5 Å². The fraction of sp³-hybridized carbons (Fsp3) is 0.310. The van der Waals surface area contributed by atoms with Gasteiger partial charge in [0.05, 0.1) is 10.6 Å². The maximum Gasteiger partial charge on any atom is 0.264 e. The average Bonchev–Trinajstić information content (AvgIpc) is 2.92. The lowest BCUT2D eigenvalue weighted by atomic mass is 10.1. The van der Waals surface area contributed by atoms with Crippen LogP contribution in [-0.4, -0.2) is 44.3 Å². The smallest absolute Gasteiger partial charge is 0.264 e. The van der Waals surface area contributed by atoms with Crippen molar-refractivity contribution in [2.24, 2.45) is 5.92 Å². The molecule has 0 spiro atoms. The summed E-state index contributed by atoms with van der Waals surface area (Å²) in [5, 5.41) is 3.95. The molecule has 1 N–H and O–H groups in total. The third-order valence-electron chi connectivity index (χ3n) is 6.19. The number of hydrogen-bond donors (Lipinski definition) is 1. The molecule has 0 aliphatic heterocycles. The zero-order valence-corrected chi connectivity index (χ0v) is 25.6. The monoisotopic (exact) mass is 623 g/mol. The molecule has 40 heavy (non-hydrogen) atoms. The normalized spacial score (nSPS) is 12.2. The summed E-state index contributed by atoms with van der Waals surface area (Å²) in [7, 11) is -4.17. The number of nitrogens with one attached hydrogen (secondary N) is 1. The van der Waals surface area contributed by atoms with Gasteiger partial charge in [-0.1, -0.05) is 79.8 Å². The Morgan fingerprint density at radius 2 is 1.48 bits per heavy atom. The largest absolute Gasteiger partial charge is 0.354 e. The van der Waals surface area contributed by atoms with Crippen LogP contribution in [0.4, 0.5) is 5.69 Å². The van der Waals surface area contributed by atoms with Crippen LogP contribution in [0.3, 0.4) is 0 Å². The lowest BCUT2D eigenvalue weighted by Crippen LogP contribution is -2.52. The summed E-state index contributed by atoms with van der Waals surface area (Å²) < 4.78 is 28.6. The van der Waals surface area contributed by atoms with Crippen LogP contribution < -0.4 is 9.62 Å². The summed E-state index contributed by atoms with van der Waals surface area (Å²) in [6.07, 6.45) is 0.282. The molecule has 0 radical (unpaired) electrons. The highest BCUT2D eigenvalue weighted by Crippen LogP contribution is 2.29. The van der Waals surface area contributed by atoms with Crippen molar-refractivity contribution in [2.45, 2.75) is 44.7 Å². The quantitative estimate of drug-likeness (QED) is 0.252. The molecule has 2 amide bonds. The van der Waals surface area contributed by atoms with Crippen molar-refractivity contribution in [3.63, 3.8) is 0 Å². The minimum atomic E-state index is -4.17. The zero-order chi connectivity index (χ0) is 29.4. The van der Waals surface area contributed by atoms with E-state index in [-0.39, 0.29) is 35.4 Å². The Hall–Kier alpha value is -2.78. The highest BCUT2D eigenvalue weighted by Gasteiger charge is 2.34. The highest BCUT2D eigenvalue weighted by atomic mass is 35.5. The molecule has 0 bridgehead atoms. The van der Waals surface area contributed by atoms with Crippen LogP contribution in [0.15, 0.2) is 77.7 Å². The van der Waals surface area contributed by atoms with E-state index in [1.165, 1.54) is 29.2 Å². The van der Waals surface area contributed by atoms with Crippen LogP contribution in [0.5, 0.6) is 0 Å². The molecule has 3 aromatic rings. The number of carbonyl (C=O) groups excluding carboxylic acids is 2. The number of amides is 2. The summed E-state index contributed by atoms with van der Waals surface area (Å²) in [4.78, 5) is 28.7. The van der Waals surface area contributed by atoms with Gasteiger partial charge in [0.2, 0.25) is 11.8 Å². The van der Waals surface area contributed by atoms with Gasteiger partial charge in [-0.3, -0.25) is 13.9 Å². The van der Waals surface area contributed by atoms with Crippen molar-refractivity contribution in [1.82, 2.24) is 10.2 Å². The second-order valence-electron chi connectivity index (χ2n) is 9.59. The molecule has 0 unspecified atom stereocenters.